The third-order valence-corrected chi connectivity index (χ3v) is 6.57. The van der Waals surface area contributed by atoms with E-state index in [2.05, 4.69) is 133 Å². The third kappa shape index (κ3) is 3.13. The molecule has 4 nitrogen and oxygen atoms in total. The van der Waals surface area contributed by atoms with E-state index in [-0.39, 0.29) is 11.1 Å². The van der Waals surface area contributed by atoms with Gasteiger partial charge in [0.1, 0.15) is 0 Å². The molecule has 0 spiro atoms. The standard InChI is InChI=1S/C24H30N4/c1-23(2,27-17-15-25(19-27)21-11-7-5-8-12-21)24(3,4)28-18-16-26(20-28)22-13-9-6-10-14-22/h5-18H,19-20H2,1-4H3. The van der Waals surface area contributed by atoms with Crippen molar-refractivity contribution in [2.24, 2.45) is 0 Å². The van der Waals surface area contributed by atoms with Crippen molar-refractivity contribution in [2.75, 3.05) is 23.1 Å². The fourth-order valence-electron chi connectivity index (χ4n) is 3.84. The van der Waals surface area contributed by atoms with Crippen LogP contribution in [0.3, 0.4) is 0 Å². The Hall–Kier alpha value is -2.88. The number of para-hydroxylation sites is 2. The molecule has 0 amide bonds. The van der Waals surface area contributed by atoms with Gasteiger partial charge in [0.2, 0.25) is 0 Å². The highest BCUT2D eigenvalue weighted by atomic mass is 15.4. The van der Waals surface area contributed by atoms with Crippen molar-refractivity contribution >= 4 is 11.4 Å². The predicted octanol–water partition coefficient (Wildman–Crippen LogP) is 5.05. The minimum Gasteiger partial charge on any atom is -0.351 e. The van der Waals surface area contributed by atoms with E-state index < -0.39 is 0 Å². The monoisotopic (exact) mass is 374 g/mol. The molecule has 0 saturated carbocycles. The lowest BCUT2D eigenvalue weighted by molar-refractivity contribution is 0.0214. The summed E-state index contributed by atoms with van der Waals surface area (Å²) < 4.78 is 0. The number of hydrogen-bond acceptors (Lipinski definition) is 4. The van der Waals surface area contributed by atoms with Crippen LogP contribution in [0.25, 0.3) is 0 Å². The highest BCUT2D eigenvalue weighted by Crippen LogP contribution is 2.38. The summed E-state index contributed by atoms with van der Waals surface area (Å²) in [6.07, 6.45) is 8.82. The molecule has 0 aromatic heterocycles. The second-order valence-electron chi connectivity index (χ2n) is 8.55. The molecule has 0 saturated heterocycles. The maximum atomic E-state index is 2.44. The third-order valence-electron chi connectivity index (χ3n) is 6.57. The summed E-state index contributed by atoms with van der Waals surface area (Å²) in [6.45, 7) is 11.1. The van der Waals surface area contributed by atoms with Crippen LogP contribution in [0.5, 0.6) is 0 Å². The topological polar surface area (TPSA) is 13.0 Å². The van der Waals surface area contributed by atoms with Gasteiger partial charge in [0.25, 0.3) is 0 Å². The van der Waals surface area contributed by atoms with Gasteiger partial charge < -0.3 is 19.6 Å². The molecule has 0 aliphatic carbocycles. The lowest BCUT2D eigenvalue weighted by Gasteiger charge is -2.52. The number of benzene rings is 2. The van der Waals surface area contributed by atoms with Crippen molar-refractivity contribution < 1.29 is 0 Å². The van der Waals surface area contributed by atoms with Gasteiger partial charge in [-0.05, 0) is 52.0 Å². The van der Waals surface area contributed by atoms with Gasteiger partial charge in [-0.3, -0.25) is 0 Å². The lowest BCUT2D eigenvalue weighted by atomic mass is 9.80. The molecule has 0 bridgehead atoms. The molecule has 4 heteroatoms. The molecule has 2 heterocycles. The van der Waals surface area contributed by atoms with E-state index in [1.54, 1.807) is 0 Å². The lowest BCUT2D eigenvalue weighted by Crippen LogP contribution is -2.63. The van der Waals surface area contributed by atoms with Crippen molar-refractivity contribution in [1.82, 2.24) is 9.80 Å². The zero-order valence-corrected chi connectivity index (χ0v) is 17.3. The molecule has 0 unspecified atom stereocenters. The van der Waals surface area contributed by atoms with Gasteiger partial charge in [0.15, 0.2) is 0 Å². The molecule has 0 radical (unpaired) electrons. The zero-order chi connectivity index (χ0) is 19.8. The second-order valence-corrected chi connectivity index (χ2v) is 8.55. The number of anilines is 2. The average Bonchev–Trinajstić information content (AvgIpc) is 3.40. The highest BCUT2D eigenvalue weighted by Gasteiger charge is 2.46. The normalized spacial score (nSPS) is 17.1. The van der Waals surface area contributed by atoms with E-state index in [4.69, 9.17) is 0 Å². The Bertz CT molecular complexity index is 781. The van der Waals surface area contributed by atoms with E-state index in [9.17, 15) is 0 Å². The van der Waals surface area contributed by atoms with E-state index in [1.807, 2.05) is 0 Å². The SMILES string of the molecule is CC(C)(N1C=CN(c2ccccc2)C1)C(C)(C)N1C=CN(c2ccccc2)C1. The molecule has 2 aliphatic heterocycles. The first-order valence-electron chi connectivity index (χ1n) is 9.93. The summed E-state index contributed by atoms with van der Waals surface area (Å²) in [7, 11) is 0. The van der Waals surface area contributed by atoms with Gasteiger partial charge in [-0.25, -0.2) is 0 Å². The van der Waals surface area contributed by atoms with Crippen LogP contribution < -0.4 is 9.80 Å². The minimum absolute atomic E-state index is 0.0654. The maximum absolute atomic E-state index is 2.44. The fourth-order valence-corrected chi connectivity index (χ4v) is 3.84. The predicted molar refractivity (Wildman–Crippen MR) is 118 cm³/mol. The first kappa shape index (κ1) is 18.5. The Morgan fingerprint density at radius 2 is 0.893 bits per heavy atom. The maximum Gasteiger partial charge on any atom is 0.0947 e. The van der Waals surface area contributed by atoms with Crippen molar-refractivity contribution in [3.8, 4) is 0 Å². The summed E-state index contributed by atoms with van der Waals surface area (Å²) in [5.41, 5.74) is 2.33. The summed E-state index contributed by atoms with van der Waals surface area (Å²) in [4.78, 5) is 9.49. The average molecular weight is 375 g/mol. The van der Waals surface area contributed by atoms with Crippen LogP contribution in [0.1, 0.15) is 27.7 Å². The van der Waals surface area contributed by atoms with Crippen LogP contribution in [0.4, 0.5) is 11.4 Å². The molecule has 28 heavy (non-hydrogen) atoms. The van der Waals surface area contributed by atoms with Gasteiger partial charge in [-0.1, -0.05) is 36.4 Å². The van der Waals surface area contributed by atoms with Crippen LogP contribution in [0.15, 0.2) is 85.5 Å². The molecule has 0 fully saturated rings. The fraction of sp³-hybridized carbons (Fsp3) is 0.333. The van der Waals surface area contributed by atoms with Crippen molar-refractivity contribution in [2.45, 2.75) is 38.8 Å². The van der Waals surface area contributed by atoms with Crippen LogP contribution in [-0.2, 0) is 0 Å². The summed E-state index contributed by atoms with van der Waals surface area (Å²) in [5, 5.41) is 0. The molecular weight excluding hydrogens is 344 g/mol. The molecule has 2 aromatic carbocycles. The Morgan fingerprint density at radius 3 is 1.25 bits per heavy atom. The molecule has 2 aromatic rings. The van der Waals surface area contributed by atoms with E-state index in [1.165, 1.54) is 11.4 Å². The quantitative estimate of drug-likeness (QED) is 0.726. The first-order chi connectivity index (χ1) is 13.4. The summed E-state index contributed by atoms with van der Waals surface area (Å²) in [5.74, 6) is 0. The highest BCUT2D eigenvalue weighted by molar-refractivity contribution is 5.51. The Morgan fingerprint density at radius 1 is 0.536 bits per heavy atom. The summed E-state index contributed by atoms with van der Waals surface area (Å²) in [6, 6.07) is 21.1. The smallest absolute Gasteiger partial charge is 0.0947 e. The van der Waals surface area contributed by atoms with Crippen LogP contribution >= 0.6 is 0 Å². The Kier molecular flexibility index (Phi) is 4.58. The van der Waals surface area contributed by atoms with Crippen LogP contribution in [0.2, 0.25) is 0 Å². The Balaban J connectivity index is 1.48. The molecule has 146 valence electrons. The van der Waals surface area contributed by atoms with Gasteiger partial charge in [0, 0.05) is 36.2 Å². The molecule has 0 N–H and O–H groups in total. The van der Waals surface area contributed by atoms with Gasteiger partial charge in [-0.2, -0.15) is 0 Å². The van der Waals surface area contributed by atoms with E-state index in [0.717, 1.165) is 13.3 Å². The van der Waals surface area contributed by atoms with Gasteiger partial charge in [-0.15, -0.1) is 0 Å². The number of nitrogens with zero attached hydrogens (tertiary/aromatic N) is 4. The van der Waals surface area contributed by atoms with Crippen LogP contribution in [-0.4, -0.2) is 34.2 Å². The van der Waals surface area contributed by atoms with Crippen LogP contribution in [0, 0.1) is 0 Å². The number of rotatable bonds is 5. The van der Waals surface area contributed by atoms with Gasteiger partial charge >= 0.3 is 0 Å². The van der Waals surface area contributed by atoms with Crippen molar-refractivity contribution in [3.05, 3.63) is 85.5 Å². The molecule has 2 aliphatic rings. The van der Waals surface area contributed by atoms with E-state index >= 15 is 0 Å². The Labute approximate surface area is 169 Å². The van der Waals surface area contributed by atoms with Crippen molar-refractivity contribution in [1.29, 1.82) is 0 Å². The van der Waals surface area contributed by atoms with Gasteiger partial charge in [0.05, 0.1) is 24.4 Å². The molecule has 0 atom stereocenters. The second kappa shape index (κ2) is 6.93. The molecular formula is C24H30N4. The minimum atomic E-state index is -0.0654. The zero-order valence-electron chi connectivity index (χ0n) is 17.3. The van der Waals surface area contributed by atoms with E-state index in [0.29, 0.717) is 0 Å². The summed E-state index contributed by atoms with van der Waals surface area (Å²) >= 11 is 0. The largest absolute Gasteiger partial charge is 0.351 e. The molecule has 4 rings (SSSR count). The first-order valence-corrected chi connectivity index (χ1v) is 9.93. The van der Waals surface area contributed by atoms with Crippen molar-refractivity contribution in [3.63, 3.8) is 0 Å². The number of hydrogen-bond donors (Lipinski definition) is 0.